The fraction of sp³-hybridized carbons (Fsp3) is 0.471. The zero-order valence-electron chi connectivity index (χ0n) is 13.7. The van der Waals surface area contributed by atoms with E-state index in [2.05, 4.69) is 25.8 Å². The molecule has 2 heterocycles. The van der Waals surface area contributed by atoms with Crippen molar-refractivity contribution in [1.29, 1.82) is 0 Å². The van der Waals surface area contributed by atoms with Gasteiger partial charge in [-0.3, -0.25) is 10.1 Å². The smallest absolute Gasteiger partial charge is 0.319 e. The number of amides is 2. The van der Waals surface area contributed by atoms with E-state index in [1.807, 2.05) is 25.1 Å². The highest BCUT2D eigenvalue weighted by Gasteiger charge is 2.35. The van der Waals surface area contributed by atoms with Gasteiger partial charge in [-0.25, -0.2) is 4.79 Å². The van der Waals surface area contributed by atoms with Crippen molar-refractivity contribution in [1.82, 2.24) is 20.5 Å². The number of rotatable bonds is 4. The van der Waals surface area contributed by atoms with Gasteiger partial charge in [0.2, 0.25) is 0 Å². The van der Waals surface area contributed by atoms with E-state index in [1.54, 1.807) is 12.4 Å². The largest absolute Gasteiger partial charge is 0.392 e. The quantitative estimate of drug-likeness (QED) is 0.692. The summed E-state index contributed by atoms with van der Waals surface area (Å²) in [6, 6.07) is 5.23. The first-order chi connectivity index (χ1) is 11.6. The van der Waals surface area contributed by atoms with Crippen LogP contribution in [-0.4, -0.2) is 39.0 Å². The van der Waals surface area contributed by atoms with Crippen LogP contribution in [0.5, 0.6) is 0 Å². The van der Waals surface area contributed by atoms with Gasteiger partial charge in [-0.05, 0) is 25.0 Å². The first kappa shape index (κ1) is 16.4. The predicted molar refractivity (Wildman–Crippen MR) is 91.4 cm³/mol. The summed E-state index contributed by atoms with van der Waals surface area (Å²) in [5, 5.41) is 22.7. The zero-order chi connectivity index (χ0) is 17.0. The van der Waals surface area contributed by atoms with Crippen LogP contribution in [-0.2, 0) is 0 Å². The average Bonchev–Trinajstić information content (AvgIpc) is 3.05. The number of aromatic nitrogens is 3. The molecule has 2 amide bonds. The van der Waals surface area contributed by atoms with Gasteiger partial charge >= 0.3 is 6.03 Å². The second-order valence-electron chi connectivity index (χ2n) is 6.60. The molecule has 0 bridgehead atoms. The van der Waals surface area contributed by atoms with Gasteiger partial charge in [-0.1, -0.05) is 25.8 Å². The minimum atomic E-state index is -0.371. The number of H-pyrrole nitrogens is 1. The lowest BCUT2D eigenvalue weighted by Gasteiger charge is -2.38. The normalized spacial score (nSPS) is 23.7. The molecule has 0 aromatic carbocycles. The highest BCUT2D eigenvalue weighted by atomic mass is 16.3. The number of aliphatic hydroxyl groups is 1. The van der Waals surface area contributed by atoms with Gasteiger partial charge in [0.25, 0.3) is 0 Å². The van der Waals surface area contributed by atoms with Crippen molar-refractivity contribution in [2.45, 2.75) is 38.7 Å². The first-order valence-electron chi connectivity index (χ1n) is 8.26. The van der Waals surface area contributed by atoms with Crippen LogP contribution in [0, 0.1) is 5.41 Å². The number of pyridine rings is 1. The number of aromatic amines is 1. The van der Waals surface area contributed by atoms with Crippen LogP contribution in [0.15, 0.2) is 30.6 Å². The fourth-order valence-corrected chi connectivity index (χ4v) is 3.12. The van der Waals surface area contributed by atoms with Crippen LogP contribution in [0.4, 0.5) is 10.5 Å². The van der Waals surface area contributed by atoms with Crippen molar-refractivity contribution in [3.05, 3.63) is 30.6 Å². The maximum atomic E-state index is 12.2. The van der Waals surface area contributed by atoms with Crippen LogP contribution >= 0.6 is 0 Å². The maximum absolute atomic E-state index is 12.2. The Morgan fingerprint density at radius 3 is 3.08 bits per heavy atom. The number of nitrogens with zero attached hydrogens (tertiary/aromatic N) is 2. The summed E-state index contributed by atoms with van der Waals surface area (Å²) in [4.78, 5) is 16.5. The number of nitrogens with one attached hydrogen (secondary N) is 3. The molecule has 7 heteroatoms. The molecule has 2 atom stereocenters. The molecule has 4 N–H and O–H groups in total. The van der Waals surface area contributed by atoms with Crippen molar-refractivity contribution in [2.75, 3.05) is 11.9 Å². The molecule has 0 aliphatic heterocycles. The Labute approximate surface area is 140 Å². The van der Waals surface area contributed by atoms with Gasteiger partial charge < -0.3 is 15.7 Å². The lowest BCUT2D eigenvalue weighted by atomic mass is 9.73. The Kier molecular flexibility index (Phi) is 4.80. The van der Waals surface area contributed by atoms with Crippen LogP contribution < -0.4 is 10.6 Å². The third-order valence-corrected chi connectivity index (χ3v) is 4.74. The Balaban J connectivity index is 1.61. The molecular formula is C17H23N5O2. The van der Waals surface area contributed by atoms with E-state index in [0.29, 0.717) is 23.6 Å². The third kappa shape index (κ3) is 3.56. The monoisotopic (exact) mass is 329 g/mol. The lowest BCUT2D eigenvalue weighted by molar-refractivity contribution is 0.00333. The maximum Gasteiger partial charge on any atom is 0.319 e. The number of hydrogen-bond acceptors (Lipinski definition) is 4. The highest BCUT2D eigenvalue weighted by molar-refractivity contribution is 5.92. The summed E-state index contributed by atoms with van der Waals surface area (Å²) < 4.78 is 0. The first-order valence-corrected chi connectivity index (χ1v) is 8.26. The standard InChI is InChI=1S/C17H23N5O2/c1-17(8-4-2-7-14(17)23)11-19-16(24)21-13-10-20-22-15(13)12-6-3-5-9-18-12/h3,5-6,9-10,14,23H,2,4,7-8,11H2,1H3,(H,20,22)(H2,19,21,24). The molecule has 0 radical (unpaired) electrons. The Bertz CT molecular complexity index is 687. The molecule has 1 aliphatic rings. The van der Waals surface area contributed by atoms with E-state index in [4.69, 9.17) is 0 Å². The average molecular weight is 329 g/mol. The number of carbonyl (C=O) groups is 1. The van der Waals surface area contributed by atoms with Crippen LogP contribution in [0.1, 0.15) is 32.6 Å². The lowest BCUT2D eigenvalue weighted by Crippen LogP contribution is -2.46. The van der Waals surface area contributed by atoms with Gasteiger partial charge in [-0.2, -0.15) is 5.10 Å². The molecule has 1 fully saturated rings. The molecule has 0 spiro atoms. The summed E-state index contributed by atoms with van der Waals surface area (Å²) in [5.74, 6) is 0. The predicted octanol–water partition coefficient (Wildman–Crippen LogP) is 2.53. The minimum Gasteiger partial charge on any atom is -0.392 e. The summed E-state index contributed by atoms with van der Waals surface area (Å²) in [6.45, 7) is 2.46. The number of urea groups is 1. The van der Waals surface area contributed by atoms with Gasteiger partial charge in [0.1, 0.15) is 5.69 Å². The fourth-order valence-electron chi connectivity index (χ4n) is 3.12. The molecule has 0 saturated heterocycles. The molecule has 128 valence electrons. The van der Waals surface area contributed by atoms with Gasteiger partial charge in [0.05, 0.1) is 23.7 Å². The number of carbonyl (C=O) groups excluding carboxylic acids is 1. The molecule has 2 aromatic heterocycles. The molecule has 3 rings (SSSR count). The van der Waals surface area contributed by atoms with Gasteiger partial charge in [0, 0.05) is 18.2 Å². The van der Waals surface area contributed by atoms with Crippen molar-refractivity contribution in [3.63, 3.8) is 0 Å². The van der Waals surface area contributed by atoms with E-state index in [9.17, 15) is 9.90 Å². The zero-order valence-corrected chi connectivity index (χ0v) is 13.7. The van der Waals surface area contributed by atoms with Crippen LogP contribution in [0.25, 0.3) is 11.4 Å². The second-order valence-corrected chi connectivity index (χ2v) is 6.60. The summed E-state index contributed by atoms with van der Waals surface area (Å²) >= 11 is 0. The molecule has 2 aromatic rings. The van der Waals surface area contributed by atoms with E-state index in [-0.39, 0.29) is 17.6 Å². The number of aliphatic hydroxyl groups excluding tert-OH is 1. The van der Waals surface area contributed by atoms with Crippen molar-refractivity contribution in [2.24, 2.45) is 5.41 Å². The van der Waals surface area contributed by atoms with E-state index in [0.717, 1.165) is 25.7 Å². The van der Waals surface area contributed by atoms with Crippen molar-refractivity contribution in [3.8, 4) is 11.4 Å². The molecule has 1 saturated carbocycles. The molecule has 7 nitrogen and oxygen atoms in total. The SMILES string of the molecule is CC1(CNC(=O)Nc2cn[nH]c2-c2ccccn2)CCCCC1O. The van der Waals surface area contributed by atoms with E-state index in [1.165, 1.54) is 0 Å². The van der Waals surface area contributed by atoms with Crippen LogP contribution in [0.3, 0.4) is 0 Å². The van der Waals surface area contributed by atoms with Crippen LogP contribution in [0.2, 0.25) is 0 Å². The summed E-state index contributed by atoms with van der Waals surface area (Å²) in [6.07, 6.45) is 6.72. The summed E-state index contributed by atoms with van der Waals surface area (Å²) in [5.41, 5.74) is 1.67. The van der Waals surface area contributed by atoms with Gasteiger partial charge in [-0.15, -0.1) is 0 Å². The highest BCUT2D eigenvalue weighted by Crippen LogP contribution is 2.35. The van der Waals surface area contributed by atoms with Crippen molar-refractivity contribution < 1.29 is 9.90 Å². The third-order valence-electron chi connectivity index (χ3n) is 4.74. The van der Waals surface area contributed by atoms with E-state index < -0.39 is 0 Å². The molecule has 24 heavy (non-hydrogen) atoms. The molecule has 1 aliphatic carbocycles. The Hall–Kier alpha value is -2.41. The summed E-state index contributed by atoms with van der Waals surface area (Å²) in [7, 11) is 0. The minimum absolute atomic E-state index is 0.268. The van der Waals surface area contributed by atoms with Gasteiger partial charge in [0.15, 0.2) is 0 Å². The van der Waals surface area contributed by atoms with Crippen molar-refractivity contribution >= 4 is 11.7 Å². The number of anilines is 1. The number of hydrogen-bond donors (Lipinski definition) is 4. The van der Waals surface area contributed by atoms with E-state index >= 15 is 0 Å². The topological polar surface area (TPSA) is 103 Å². The molecule has 2 unspecified atom stereocenters. The second kappa shape index (κ2) is 7.00. The molecular weight excluding hydrogens is 306 g/mol. The Morgan fingerprint density at radius 1 is 1.46 bits per heavy atom. The Morgan fingerprint density at radius 2 is 2.33 bits per heavy atom.